The van der Waals surface area contributed by atoms with Crippen molar-refractivity contribution in [2.45, 2.75) is 0 Å². The summed E-state index contributed by atoms with van der Waals surface area (Å²) >= 11 is 0. The van der Waals surface area contributed by atoms with Crippen molar-refractivity contribution < 1.29 is 0 Å². The molecule has 48 heavy (non-hydrogen) atoms. The normalized spacial score (nSPS) is 10.9. The first-order chi connectivity index (χ1) is 23.7. The van der Waals surface area contributed by atoms with Gasteiger partial charge in [0.05, 0.1) is 11.6 Å². The van der Waals surface area contributed by atoms with E-state index in [-0.39, 0.29) is 0 Å². The molecule has 0 atom stereocenters. The van der Waals surface area contributed by atoms with Crippen molar-refractivity contribution in [3.8, 4) is 17.2 Å². The molecular weight excluding hydrogens is 583 g/mol. The van der Waals surface area contributed by atoms with E-state index in [1.807, 2.05) is 12.1 Å². The van der Waals surface area contributed by atoms with E-state index in [9.17, 15) is 5.26 Å². The fourth-order valence-electron chi connectivity index (χ4n) is 6.54. The number of benzene rings is 8. The van der Waals surface area contributed by atoms with Crippen LogP contribution in [0.1, 0.15) is 5.56 Å². The van der Waals surface area contributed by atoms with Crippen LogP contribution in [0.25, 0.3) is 32.7 Å². The van der Waals surface area contributed by atoms with Crippen LogP contribution in [-0.4, -0.2) is 0 Å². The van der Waals surface area contributed by atoms with Gasteiger partial charge in [0.25, 0.3) is 0 Å². The number of hydrogen-bond acceptors (Lipinski definition) is 3. The molecule has 0 saturated heterocycles. The lowest BCUT2D eigenvalue weighted by Crippen LogP contribution is -2.13. The number of rotatable bonds is 7. The summed E-state index contributed by atoms with van der Waals surface area (Å²) in [6.07, 6.45) is 0. The molecule has 3 nitrogen and oxygen atoms in total. The maximum atomic E-state index is 9.43. The Hall–Kier alpha value is -6.63. The monoisotopic (exact) mass is 613 g/mol. The second kappa shape index (κ2) is 12.6. The van der Waals surface area contributed by atoms with Crippen molar-refractivity contribution in [2.75, 3.05) is 9.80 Å². The second-order valence-corrected chi connectivity index (χ2v) is 11.8. The predicted molar refractivity (Wildman–Crippen MR) is 201 cm³/mol. The van der Waals surface area contributed by atoms with Gasteiger partial charge >= 0.3 is 0 Å². The number of nitrogens with zero attached hydrogens (tertiary/aromatic N) is 3. The Bertz CT molecular complexity index is 2220. The molecule has 0 bridgehead atoms. The van der Waals surface area contributed by atoms with Crippen LogP contribution < -0.4 is 9.80 Å². The molecule has 0 saturated carbocycles. The van der Waals surface area contributed by atoms with Crippen molar-refractivity contribution >= 4 is 55.7 Å². The van der Waals surface area contributed by atoms with E-state index in [2.05, 4.69) is 192 Å². The van der Waals surface area contributed by atoms with Crippen LogP contribution in [0.15, 0.2) is 188 Å². The van der Waals surface area contributed by atoms with Crippen LogP contribution in [0.3, 0.4) is 0 Å². The minimum absolute atomic E-state index is 0.672. The third kappa shape index (κ3) is 5.53. The molecule has 0 aromatic heterocycles. The Morgan fingerprint density at radius 2 is 0.750 bits per heavy atom. The highest BCUT2D eigenvalue weighted by Gasteiger charge is 2.19. The highest BCUT2D eigenvalue weighted by atomic mass is 15.2. The summed E-state index contributed by atoms with van der Waals surface area (Å²) in [5.41, 5.74) is 9.35. The molecule has 0 spiro atoms. The molecule has 0 radical (unpaired) electrons. The van der Waals surface area contributed by atoms with Gasteiger partial charge < -0.3 is 9.80 Å². The van der Waals surface area contributed by atoms with E-state index in [0.29, 0.717) is 5.56 Å². The predicted octanol–water partition coefficient (Wildman–Crippen LogP) is 12.5. The molecule has 0 aliphatic heterocycles. The third-order valence-corrected chi connectivity index (χ3v) is 8.77. The van der Waals surface area contributed by atoms with Gasteiger partial charge in [-0.05, 0) is 118 Å². The molecule has 0 heterocycles. The molecule has 3 heteroatoms. The number of nitriles is 1. The van der Waals surface area contributed by atoms with E-state index < -0.39 is 0 Å². The first-order valence-corrected chi connectivity index (χ1v) is 16.1. The van der Waals surface area contributed by atoms with Crippen molar-refractivity contribution in [2.24, 2.45) is 0 Å². The van der Waals surface area contributed by atoms with Crippen molar-refractivity contribution in [3.63, 3.8) is 0 Å². The third-order valence-electron chi connectivity index (χ3n) is 8.77. The van der Waals surface area contributed by atoms with E-state index in [1.54, 1.807) is 0 Å². The summed E-state index contributed by atoms with van der Waals surface area (Å²) in [5.74, 6) is 0. The first kappa shape index (κ1) is 28.8. The lowest BCUT2D eigenvalue weighted by atomic mass is 9.96. The van der Waals surface area contributed by atoms with E-state index in [0.717, 1.165) is 61.4 Å². The SMILES string of the molecule is N#Cc1ccc2c(ccc3cc(-c4cc(N(c5ccccc5)c5ccccc5)cc(N(c5ccccc5)c5ccccc5)c4)ccc32)c1. The summed E-state index contributed by atoms with van der Waals surface area (Å²) in [7, 11) is 0. The van der Waals surface area contributed by atoms with Gasteiger partial charge in [0.2, 0.25) is 0 Å². The number of anilines is 6. The van der Waals surface area contributed by atoms with Crippen LogP contribution in [0, 0.1) is 11.3 Å². The smallest absolute Gasteiger partial charge is 0.0991 e. The van der Waals surface area contributed by atoms with Gasteiger partial charge in [-0.2, -0.15) is 5.26 Å². The van der Waals surface area contributed by atoms with Gasteiger partial charge in [0, 0.05) is 34.1 Å². The standard InChI is InChI=1S/C45H31N3/c46-32-33-21-25-44-35(27-33)22-23-36-28-34(24-26-45(36)44)37-29-42(47(38-13-5-1-6-14-38)39-15-7-2-8-16-39)31-43(30-37)48(40-17-9-3-10-18-40)41-19-11-4-12-20-41/h1-31H. The number of fused-ring (bicyclic) bond motifs is 3. The fraction of sp³-hybridized carbons (Fsp3) is 0. The summed E-state index contributed by atoms with van der Waals surface area (Å²) in [6, 6.07) is 68.2. The maximum absolute atomic E-state index is 9.43. The molecule has 0 aliphatic carbocycles. The fourth-order valence-corrected chi connectivity index (χ4v) is 6.54. The van der Waals surface area contributed by atoms with Gasteiger partial charge in [0.1, 0.15) is 0 Å². The van der Waals surface area contributed by atoms with Crippen LogP contribution in [0.4, 0.5) is 34.1 Å². The summed E-state index contributed by atoms with van der Waals surface area (Å²) in [6.45, 7) is 0. The van der Waals surface area contributed by atoms with Gasteiger partial charge in [0.15, 0.2) is 0 Å². The number of hydrogen-bond donors (Lipinski definition) is 0. The van der Waals surface area contributed by atoms with Crippen LogP contribution in [0.5, 0.6) is 0 Å². The Balaban J connectivity index is 1.37. The Labute approximate surface area is 280 Å². The average molecular weight is 614 g/mol. The molecule has 0 aliphatic rings. The van der Waals surface area contributed by atoms with Gasteiger partial charge in [-0.15, -0.1) is 0 Å². The molecule has 0 N–H and O–H groups in total. The van der Waals surface area contributed by atoms with Crippen molar-refractivity contribution in [1.82, 2.24) is 0 Å². The largest absolute Gasteiger partial charge is 0.310 e. The molecule has 0 amide bonds. The van der Waals surface area contributed by atoms with E-state index in [1.165, 1.54) is 5.39 Å². The van der Waals surface area contributed by atoms with Gasteiger partial charge in [-0.3, -0.25) is 0 Å². The van der Waals surface area contributed by atoms with Crippen LogP contribution in [0.2, 0.25) is 0 Å². The molecule has 8 aromatic carbocycles. The lowest BCUT2D eigenvalue weighted by molar-refractivity contribution is 1.25. The lowest BCUT2D eigenvalue weighted by Gasteiger charge is -2.30. The average Bonchev–Trinajstić information content (AvgIpc) is 3.16. The highest BCUT2D eigenvalue weighted by Crippen LogP contribution is 2.43. The van der Waals surface area contributed by atoms with Crippen LogP contribution >= 0.6 is 0 Å². The molecule has 226 valence electrons. The summed E-state index contributed by atoms with van der Waals surface area (Å²) in [5, 5.41) is 14.0. The molecular formula is C45H31N3. The van der Waals surface area contributed by atoms with E-state index >= 15 is 0 Å². The minimum Gasteiger partial charge on any atom is -0.310 e. The Morgan fingerprint density at radius 3 is 1.19 bits per heavy atom. The van der Waals surface area contributed by atoms with Crippen molar-refractivity contribution in [1.29, 1.82) is 5.26 Å². The molecule has 0 unspecified atom stereocenters. The van der Waals surface area contributed by atoms with E-state index in [4.69, 9.17) is 0 Å². The zero-order valence-electron chi connectivity index (χ0n) is 26.2. The van der Waals surface area contributed by atoms with Crippen LogP contribution in [-0.2, 0) is 0 Å². The second-order valence-electron chi connectivity index (χ2n) is 11.8. The van der Waals surface area contributed by atoms with Gasteiger partial charge in [-0.1, -0.05) is 103 Å². The summed E-state index contributed by atoms with van der Waals surface area (Å²) in [4.78, 5) is 4.64. The summed E-state index contributed by atoms with van der Waals surface area (Å²) < 4.78 is 0. The quantitative estimate of drug-likeness (QED) is 0.168. The van der Waals surface area contributed by atoms with Gasteiger partial charge in [-0.25, -0.2) is 0 Å². The molecule has 8 rings (SSSR count). The van der Waals surface area contributed by atoms with Crippen molar-refractivity contribution in [3.05, 3.63) is 194 Å². The Kier molecular flexibility index (Phi) is 7.59. The zero-order valence-corrected chi connectivity index (χ0v) is 26.2. The minimum atomic E-state index is 0.672. The highest BCUT2D eigenvalue weighted by molar-refractivity contribution is 6.09. The molecule has 8 aromatic rings. The zero-order chi connectivity index (χ0) is 32.3. The first-order valence-electron chi connectivity index (χ1n) is 16.1. The molecule has 0 fully saturated rings. The Morgan fingerprint density at radius 1 is 0.333 bits per heavy atom. The maximum Gasteiger partial charge on any atom is 0.0991 e. The number of para-hydroxylation sites is 4. The topological polar surface area (TPSA) is 30.3 Å².